The molecule has 182 valence electrons. The number of piperazine rings is 1. The second kappa shape index (κ2) is 11.9. The van der Waals surface area contributed by atoms with Crippen molar-refractivity contribution in [1.82, 2.24) is 14.7 Å². The zero-order valence-electron chi connectivity index (χ0n) is 18.5. The van der Waals surface area contributed by atoms with Gasteiger partial charge in [-0.2, -0.15) is 0 Å². The Kier molecular flexibility index (Phi) is 9.19. The number of hydrogen-bond donors (Lipinski definition) is 1. The first-order chi connectivity index (χ1) is 15.8. The number of ether oxygens (including phenoxy) is 2. The van der Waals surface area contributed by atoms with Gasteiger partial charge < -0.3 is 24.4 Å². The van der Waals surface area contributed by atoms with E-state index in [0.29, 0.717) is 23.1 Å². The molecule has 1 aromatic carbocycles. The highest BCUT2D eigenvalue weighted by atomic mass is 35.5. The van der Waals surface area contributed by atoms with Crippen LogP contribution in [0.1, 0.15) is 18.4 Å². The molecule has 0 spiro atoms. The second-order valence-corrected chi connectivity index (χ2v) is 9.04. The Bertz CT molecular complexity index is 865. The predicted octanol–water partition coefficient (Wildman–Crippen LogP) is 2.38. The van der Waals surface area contributed by atoms with Gasteiger partial charge in [0.1, 0.15) is 6.61 Å². The topological polar surface area (TPSA) is 99.6 Å². The monoisotopic (exact) mass is 501 g/mol. The SMILES string of the molecule is COC(=O)N1CCN(C(=O)Cc2ccc(Cl)c(Cl)c2)[C@H](CN2CCCC2)[C@@H]1COCC(=O)O. The molecule has 1 N–H and O–H groups in total. The summed E-state index contributed by atoms with van der Waals surface area (Å²) in [6.07, 6.45) is 1.76. The summed E-state index contributed by atoms with van der Waals surface area (Å²) < 4.78 is 10.3. The number of carboxylic acid groups (broad SMARTS) is 1. The summed E-state index contributed by atoms with van der Waals surface area (Å²) in [6.45, 7) is 2.47. The van der Waals surface area contributed by atoms with Gasteiger partial charge in [-0.3, -0.25) is 9.69 Å². The molecule has 0 saturated carbocycles. The highest BCUT2D eigenvalue weighted by molar-refractivity contribution is 6.42. The van der Waals surface area contributed by atoms with Crippen molar-refractivity contribution in [1.29, 1.82) is 0 Å². The van der Waals surface area contributed by atoms with Crippen molar-refractivity contribution in [3.63, 3.8) is 0 Å². The lowest BCUT2D eigenvalue weighted by Crippen LogP contribution is -2.66. The molecule has 2 fully saturated rings. The molecular formula is C22H29Cl2N3O6. The van der Waals surface area contributed by atoms with Crippen LogP contribution in [0.3, 0.4) is 0 Å². The van der Waals surface area contributed by atoms with E-state index in [1.54, 1.807) is 23.1 Å². The molecule has 0 aromatic heterocycles. The number of aliphatic carboxylic acids is 1. The molecule has 11 heteroatoms. The fraction of sp³-hybridized carbons (Fsp3) is 0.591. The van der Waals surface area contributed by atoms with Gasteiger partial charge in [0.05, 0.1) is 42.3 Å². The lowest BCUT2D eigenvalue weighted by Gasteiger charge is -2.48. The molecule has 9 nitrogen and oxygen atoms in total. The quantitative estimate of drug-likeness (QED) is 0.583. The number of rotatable bonds is 8. The fourth-order valence-electron chi connectivity index (χ4n) is 4.46. The van der Waals surface area contributed by atoms with E-state index in [2.05, 4.69) is 4.90 Å². The molecule has 3 rings (SSSR count). The number of amides is 2. The molecule has 2 aliphatic rings. The Labute approximate surface area is 203 Å². The van der Waals surface area contributed by atoms with Crippen molar-refractivity contribution in [3.8, 4) is 0 Å². The Balaban J connectivity index is 1.84. The van der Waals surface area contributed by atoms with E-state index in [0.717, 1.165) is 31.5 Å². The molecule has 0 bridgehead atoms. The largest absolute Gasteiger partial charge is 0.480 e. The van der Waals surface area contributed by atoms with Crippen LogP contribution in [0.15, 0.2) is 18.2 Å². The van der Waals surface area contributed by atoms with Gasteiger partial charge in [0, 0.05) is 19.6 Å². The van der Waals surface area contributed by atoms with E-state index in [1.807, 2.05) is 0 Å². The average Bonchev–Trinajstić information content (AvgIpc) is 3.29. The van der Waals surface area contributed by atoms with Crippen LogP contribution in [0.25, 0.3) is 0 Å². The maximum absolute atomic E-state index is 13.4. The Hall–Kier alpha value is -2.07. The predicted molar refractivity (Wildman–Crippen MR) is 123 cm³/mol. The maximum atomic E-state index is 13.4. The third-order valence-corrected chi connectivity index (χ3v) is 6.79. The highest BCUT2D eigenvalue weighted by Crippen LogP contribution is 2.25. The summed E-state index contributed by atoms with van der Waals surface area (Å²) in [5.74, 6) is -1.20. The van der Waals surface area contributed by atoms with Crippen molar-refractivity contribution in [3.05, 3.63) is 33.8 Å². The third kappa shape index (κ3) is 6.72. The summed E-state index contributed by atoms with van der Waals surface area (Å²) in [4.78, 5) is 42.4. The van der Waals surface area contributed by atoms with Crippen LogP contribution in [0.4, 0.5) is 4.79 Å². The van der Waals surface area contributed by atoms with Crippen LogP contribution >= 0.6 is 23.2 Å². The van der Waals surface area contributed by atoms with Crippen LogP contribution in [-0.2, 0) is 25.5 Å². The Morgan fingerprint density at radius 3 is 2.36 bits per heavy atom. The van der Waals surface area contributed by atoms with E-state index >= 15 is 0 Å². The van der Waals surface area contributed by atoms with E-state index in [9.17, 15) is 14.4 Å². The normalized spacial score (nSPS) is 21.3. The molecule has 2 saturated heterocycles. The smallest absolute Gasteiger partial charge is 0.409 e. The third-order valence-electron chi connectivity index (χ3n) is 6.05. The minimum absolute atomic E-state index is 0.0174. The van der Waals surface area contributed by atoms with E-state index in [1.165, 1.54) is 12.0 Å². The van der Waals surface area contributed by atoms with Crippen molar-refractivity contribution in [2.45, 2.75) is 31.3 Å². The van der Waals surface area contributed by atoms with Crippen molar-refractivity contribution < 1.29 is 29.0 Å². The summed E-state index contributed by atoms with van der Waals surface area (Å²) in [5, 5.41) is 9.78. The van der Waals surface area contributed by atoms with Gasteiger partial charge in [0.25, 0.3) is 0 Å². The van der Waals surface area contributed by atoms with E-state index < -0.39 is 24.7 Å². The molecule has 0 radical (unpaired) electrons. The number of benzene rings is 1. The minimum atomic E-state index is -1.10. The summed E-state index contributed by atoms with van der Waals surface area (Å²) in [5.41, 5.74) is 0.739. The molecule has 2 heterocycles. The van der Waals surface area contributed by atoms with Crippen LogP contribution in [0.5, 0.6) is 0 Å². The van der Waals surface area contributed by atoms with Crippen LogP contribution in [0.2, 0.25) is 10.0 Å². The zero-order chi connectivity index (χ0) is 24.0. The number of nitrogens with zero attached hydrogens (tertiary/aromatic N) is 3. The molecule has 33 heavy (non-hydrogen) atoms. The minimum Gasteiger partial charge on any atom is -0.480 e. The van der Waals surface area contributed by atoms with Gasteiger partial charge in [0.2, 0.25) is 5.91 Å². The molecule has 0 unspecified atom stereocenters. The Morgan fingerprint density at radius 2 is 1.73 bits per heavy atom. The zero-order valence-corrected chi connectivity index (χ0v) is 20.1. The number of methoxy groups -OCH3 is 1. The lowest BCUT2D eigenvalue weighted by molar-refractivity contribution is -0.146. The number of carboxylic acids is 1. The number of carbonyl (C=O) groups is 3. The van der Waals surface area contributed by atoms with Gasteiger partial charge in [0.15, 0.2) is 0 Å². The van der Waals surface area contributed by atoms with Gasteiger partial charge in [-0.15, -0.1) is 0 Å². The first kappa shape index (κ1) is 25.6. The summed E-state index contributed by atoms with van der Waals surface area (Å²) in [6, 6.07) is 4.19. The van der Waals surface area contributed by atoms with Crippen molar-refractivity contribution in [2.75, 3.05) is 53.0 Å². The van der Waals surface area contributed by atoms with Gasteiger partial charge in [-0.1, -0.05) is 29.3 Å². The van der Waals surface area contributed by atoms with E-state index in [4.69, 9.17) is 37.8 Å². The van der Waals surface area contributed by atoms with Crippen LogP contribution in [-0.4, -0.2) is 103 Å². The fourth-order valence-corrected chi connectivity index (χ4v) is 4.78. The molecule has 0 aliphatic carbocycles. The van der Waals surface area contributed by atoms with E-state index in [-0.39, 0.29) is 31.5 Å². The highest BCUT2D eigenvalue weighted by Gasteiger charge is 2.42. The van der Waals surface area contributed by atoms with Crippen molar-refractivity contribution >= 4 is 41.2 Å². The molecule has 2 amide bonds. The average molecular weight is 502 g/mol. The van der Waals surface area contributed by atoms with Crippen LogP contribution in [0, 0.1) is 0 Å². The van der Waals surface area contributed by atoms with Crippen LogP contribution < -0.4 is 0 Å². The maximum Gasteiger partial charge on any atom is 0.409 e. The molecule has 2 aliphatic heterocycles. The number of likely N-dealkylation sites (tertiary alicyclic amines) is 1. The van der Waals surface area contributed by atoms with Gasteiger partial charge >= 0.3 is 12.1 Å². The van der Waals surface area contributed by atoms with Gasteiger partial charge in [-0.25, -0.2) is 9.59 Å². The van der Waals surface area contributed by atoms with Gasteiger partial charge in [-0.05, 0) is 43.6 Å². The lowest BCUT2D eigenvalue weighted by atomic mass is 9.99. The molecule has 2 atom stereocenters. The standard InChI is InChI=1S/C22H29Cl2N3O6/c1-32-22(31)27-9-8-26(20(28)11-15-4-5-16(23)17(24)10-15)18(12-25-6-2-3-7-25)19(27)13-33-14-21(29)30/h4-5,10,18-19H,2-3,6-9,11-14H2,1H3,(H,29,30)/t18-,19+/m1/s1. The summed E-state index contributed by atoms with van der Waals surface area (Å²) >= 11 is 12.1. The first-order valence-corrected chi connectivity index (χ1v) is 11.7. The van der Waals surface area contributed by atoms with Crippen molar-refractivity contribution in [2.24, 2.45) is 0 Å². The number of carbonyl (C=O) groups excluding carboxylic acids is 2. The Morgan fingerprint density at radius 1 is 1.03 bits per heavy atom. The molecule has 1 aromatic rings. The molecular weight excluding hydrogens is 473 g/mol. The first-order valence-electron chi connectivity index (χ1n) is 10.9. The second-order valence-electron chi connectivity index (χ2n) is 8.23. The number of hydrogen-bond acceptors (Lipinski definition) is 6. The summed E-state index contributed by atoms with van der Waals surface area (Å²) in [7, 11) is 1.30. The number of halogens is 2.